The maximum atomic E-state index is 12.0. The third-order valence-electron chi connectivity index (χ3n) is 2.68. The minimum atomic E-state index is -0.113. The highest BCUT2D eigenvalue weighted by molar-refractivity contribution is 5.96. The van der Waals surface area contributed by atoms with Crippen LogP contribution in [0.2, 0.25) is 0 Å². The van der Waals surface area contributed by atoms with E-state index in [0.29, 0.717) is 17.8 Å². The third kappa shape index (κ3) is 2.68. The normalized spacial score (nSPS) is 10.1. The summed E-state index contributed by atoms with van der Waals surface area (Å²) in [5, 5.41) is 9.56. The maximum Gasteiger partial charge on any atom is 0.251 e. The van der Waals surface area contributed by atoms with E-state index in [4.69, 9.17) is 4.52 Å². The third-order valence-corrected chi connectivity index (χ3v) is 2.68. The van der Waals surface area contributed by atoms with Crippen LogP contribution in [0.3, 0.4) is 0 Å². The van der Waals surface area contributed by atoms with E-state index in [0.717, 1.165) is 11.3 Å². The van der Waals surface area contributed by atoms with Gasteiger partial charge >= 0.3 is 0 Å². The van der Waals surface area contributed by atoms with Gasteiger partial charge in [0.2, 0.25) is 0 Å². The van der Waals surface area contributed by atoms with Crippen molar-refractivity contribution in [3.8, 4) is 0 Å². The summed E-state index contributed by atoms with van der Waals surface area (Å²) < 4.78 is 4.70. The summed E-state index contributed by atoms with van der Waals surface area (Å²) in [5.41, 5.74) is 3.28. The molecule has 2 N–H and O–H groups in total. The Labute approximate surface area is 105 Å². The lowest BCUT2D eigenvalue weighted by Gasteiger charge is -2.08. The molecule has 94 valence electrons. The van der Waals surface area contributed by atoms with Crippen molar-refractivity contribution in [1.82, 2.24) is 10.5 Å². The van der Waals surface area contributed by atoms with Crippen LogP contribution in [0.15, 0.2) is 35.1 Å². The quantitative estimate of drug-likeness (QED) is 0.864. The number of nitrogens with one attached hydrogen (secondary N) is 2. The highest BCUT2D eigenvalue weighted by Gasteiger charge is 2.09. The number of aromatic nitrogens is 1. The molecule has 0 bridgehead atoms. The van der Waals surface area contributed by atoms with E-state index in [1.165, 1.54) is 6.26 Å². The molecule has 5 nitrogen and oxygen atoms in total. The second-order valence-electron chi connectivity index (χ2n) is 3.95. The molecule has 0 aliphatic heterocycles. The number of nitrogens with zero attached hydrogens (tertiary/aromatic N) is 1. The number of anilines is 1. The topological polar surface area (TPSA) is 67.2 Å². The van der Waals surface area contributed by atoms with Crippen molar-refractivity contribution < 1.29 is 9.32 Å². The van der Waals surface area contributed by atoms with Crippen LogP contribution in [0.25, 0.3) is 0 Å². The molecule has 1 aromatic heterocycles. The van der Waals surface area contributed by atoms with Crippen molar-refractivity contribution in [2.45, 2.75) is 13.5 Å². The standard InChI is InChI=1S/C13H15N3O2/c1-9-7-10(14-2)3-4-12(9)13(17)15-8-11-5-6-18-16-11/h3-7,14H,8H2,1-2H3,(H,15,17). The van der Waals surface area contributed by atoms with Gasteiger partial charge in [0, 0.05) is 24.4 Å². The Balaban J connectivity index is 2.04. The molecule has 0 unspecified atom stereocenters. The van der Waals surface area contributed by atoms with E-state index in [-0.39, 0.29) is 5.91 Å². The van der Waals surface area contributed by atoms with Gasteiger partial charge < -0.3 is 15.2 Å². The number of rotatable bonds is 4. The van der Waals surface area contributed by atoms with E-state index >= 15 is 0 Å². The fraction of sp³-hybridized carbons (Fsp3) is 0.231. The molecule has 0 atom stereocenters. The number of carbonyl (C=O) groups excluding carboxylic acids is 1. The van der Waals surface area contributed by atoms with Crippen molar-refractivity contribution in [3.63, 3.8) is 0 Å². The molecule has 1 heterocycles. The highest BCUT2D eigenvalue weighted by atomic mass is 16.5. The molecular weight excluding hydrogens is 230 g/mol. The second kappa shape index (κ2) is 5.35. The number of hydrogen-bond acceptors (Lipinski definition) is 4. The molecule has 0 aliphatic carbocycles. The average molecular weight is 245 g/mol. The van der Waals surface area contributed by atoms with Crippen LogP contribution in [-0.4, -0.2) is 18.1 Å². The number of hydrogen-bond donors (Lipinski definition) is 2. The molecule has 0 saturated carbocycles. The van der Waals surface area contributed by atoms with Crippen molar-refractivity contribution in [1.29, 1.82) is 0 Å². The Hall–Kier alpha value is -2.30. The zero-order valence-electron chi connectivity index (χ0n) is 10.4. The van der Waals surface area contributed by atoms with E-state index < -0.39 is 0 Å². The molecule has 0 aliphatic rings. The van der Waals surface area contributed by atoms with Crippen LogP contribution in [0.4, 0.5) is 5.69 Å². The molecule has 18 heavy (non-hydrogen) atoms. The first-order valence-corrected chi connectivity index (χ1v) is 5.66. The SMILES string of the molecule is CNc1ccc(C(=O)NCc2ccon2)c(C)c1. The van der Waals surface area contributed by atoms with Gasteiger partial charge in [0.15, 0.2) is 0 Å². The van der Waals surface area contributed by atoms with Gasteiger partial charge in [-0.2, -0.15) is 0 Å². The largest absolute Gasteiger partial charge is 0.388 e. The zero-order valence-corrected chi connectivity index (χ0v) is 10.4. The van der Waals surface area contributed by atoms with Crippen molar-refractivity contribution in [3.05, 3.63) is 47.3 Å². The van der Waals surface area contributed by atoms with E-state index in [9.17, 15) is 4.79 Å². The lowest BCUT2D eigenvalue weighted by molar-refractivity contribution is 0.0949. The Morgan fingerprint density at radius 3 is 2.83 bits per heavy atom. The Kier molecular flexibility index (Phi) is 3.62. The Morgan fingerprint density at radius 2 is 2.22 bits per heavy atom. The molecule has 2 aromatic rings. The van der Waals surface area contributed by atoms with Gasteiger partial charge in [-0.15, -0.1) is 0 Å². The molecular formula is C13H15N3O2. The highest BCUT2D eigenvalue weighted by Crippen LogP contribution is 2.14. The molecule has 1 amide bonds. The summed E-state index contributed by atoms with van der Waals surface area (Å²) in [6, 6.07) is 7.33. The zero-order chi connectivity index (χ0) is 13.0. The summed E-state index contributed by atoms with van der Waals surface area (Å²) in [6.07, 6.45) is 1.48. The molecule has 2 rings (SSSR count). The minimum Gasteiger partial charge on any atom is -0.388 e. The van der Waals surface area contributed by atoms with Gasteiger partial charge in [0.05, 0.1) is 6.54 Å². The van der Waals surface area contributed by atoms with Crippen molar-refractivity contribution >= 4 is 11.6 Å². The van der Waals surface area contributed by atoms with Gasteiger partial charge in [0.1, 0.15) is 12.0 Å². The van der Waals surface area contributed by atoms with Crippen molar-refractivity contribution in [2.75, 3.05) is 12.4 Å². The predicted octanol–water partition coefficient (Wildman–Crippen LogP) is 1.95. The minimum absolute atomic E-state index is 0.113. The molecule has 0 saturated heterocycles. The Morgan fingerprint density at radius 1 is 1.39 bits per heavy atom. The van der Waals surface area contributed by atoms with E-state index in [1.807, 2.05) is 26.1 Å². The van der Waals surface area contributed by atoms with Crippen LogP contribution in [-0.2, 0) is 6.54 Å². The predicted molar refractivity (Wildman–Crippen MR) is 68.4 cm³/mol. The van der Waals surface area contributed by atoms with Gasteiger partial charge in [-0.25, -0.2) is 0 Å². The van der Waals surface area contributed by atoms with Gasteiger partial charge in [-0.3, -0.25) is 4.79 Å². The monoisotopic (exact) mass is 245 g/mol. The summed E-state index contributed by atoms with van der Waals surface area (Å²) in [4.78, 5) is 12.0. The van der Waals surface area contributed by atoms with Crippen LogP contribution < -0.4 is 10.6 Å². The number of aryl methyl sites for hydroxylation is 1. The molecule has 0 spiro atoms. The fourth-order valence-electron chi connectivity index (χ4n) is 1.67. The van der Waals surface area contributed by atoms with Crippen LogP contribution >= 0.6 is 0 Å². The lowest BCUT2D eigenvalue weighted by Crippen LogP contribution is -2.23. The number of amides is 1. The van der Waals surface area contributed by atoms with E-state index in [2.05, 4.69) is 15.8 Å². The molecule has 0 fully saturated rings. The average Bonchev–Trinajstić information content (AvgIpc) is 2.88. The first kappa shape index (κ1) is 12.2. The van der Waals surface area contributed by atoms with Gasteiger partial charge in [-0.05, 0) is 30.7 Å². The Bertz CT molecular complexity index is 535. The van der Waals surface area contributed by atoms with Gasteiger partial charge in [0.25, 0.3) is 5.91 Å². The van der Waals surface area contributed by atoms with Crippen LogP contribution in [0, 0.1) is 6.92 Å². The fourth-order valence-corrected chi connectivity index (χ4v) is 1.67. The number of carbonyl (C=O) groups is 1. The van der Waals surface area contributed by atoms with Gasteiger partial charge in [-0.1, -0.05) is 5.16 Å². The summed E-state index contributed by atoms with van der Waals surface area (Å²) in [7, 11) is 1.85. The summed E-state index contributed by atoms with van der Waals surface area (Å²) in [5.74, 6) is -0.113. The first-order valence-electron chi connectivity index (χ1n) is 5.66. The molecule has 1 aromatic carbocycles. The maximum absolute atomic E-state index is 12.0. The first-order chi connectivity index (χ1) is 8.70. The summed E-state index contributed by atoms with van der Waals surface area (Å²) >= 11 is 0. The van der Waals surface area contributed by atoms with Crippen LogP contribution in [0.5, 0.6) is 0 Å². The molecule has 5 heteroatoms. The summed E-state index contributed by atoms with van der Waals surface area (Å²) in [6.45, 7) is 2.27. The van der Waals surface area contributed by atoms with Crippen LogP contribution in [0.1, 0.15) is 21.6 Å². The second-order valence-corrected chi connectivity index (χ2v) is 3.95. The smallest absolute Gasteiger partial charge is 0.251 e. The van der Waals surface area contributed by atoms with E-state index in [1.54, 1.807) is 12.1 Å². The number of benzene rings is 1. The lowest BCUT2D eigenvalue weighted by atomic mass is 10.1. The van der Waals surface area contributed by atoms with Crippen molar-refractivity contribution in [2.24, 2.45) is 0 Å². The molecule has 0 radical (unpaired) electrons.